The van der Waals surface area contributed by atoms with Crippen LogP contribution in [0.1, 0.15) is 37.4 Å². The van der Waals surface area contributed by atoms with Gasteiger partial charge in [-0.2, -0.15) is 17.8 Å². The van der Waals surface area contributed by atoms with Gasteiger partial charge in [0.25, 0.3) is 15.8 Å². The first-order chi connectivity index (χ1) is 20.7. The second kappa shape index (κ2) is 10.5. The summed E-state index contributed by atoms with van der Waals surface area (Å²) in [5, 5.41) is 11.6. The molecule has 0 bridgehead atoms. The van der Waals surface area contributed by atoms with Gasteiger partial charge in [-0.05, 0) is 37.8 Å². The Morgan fingerprint density at radius 2 is 1.86 bits per heavy atom. The maximum Gasteiger partial charge on any atom is 0.279 e. The molecule has 4 N–H and O–H groups in total. The zero-order chi connectivity index (χ0) is 29.9. The van der Waals surface area contributed by atoms with Gasteiger partial charge in [0.2, 0.25) is 5.91 Å². The van der Waals surface area contributed by atoms with Gasteiger partial charge >= 0.3 is 0 Å². The van der Waals surface area contributed by atoms with Crippen LogP contribution in [0.25, 0.3) is 22.0 Å². The lowest BCUT2D eigenvalue weighted by Crippen LogP contribution is -2.44. The zero-order valence-corrected chi connectivity index (χ0v) is 24.7. The largest absolute Gasteiger partial charge is 0.366 e. The van der Waals surface area contributed by atoms with Gasteiger partial charge in [-0.25, -0.2) is 9.71 Å². The molecule has 1 saturated carbocycles. The van der Waals surface area contributed by atoms with E-state index >= 15 is 0 Å². The third-order valence-corrected chi connectivity index (χ3v) is 10.1. The molecule has 0 spiro atoms. The summed E-state index contributed by atoms with van der Waals surface area (Å²) in [5.41, 5.74) is 5.63. The first-order valence-corrected chi connectivity index (χ1v) is 15.9. The van der Waals surface area contributed by atoms with E-state index in [9.17, 15) is 18.0 Å². The molecule has 43 heavy (non-hydrogen) atoms. The summed E-state index contributed by atoms with van der Waals surface area (Å²) >= 11 is 0. The Bertz CT molecular complexity index is 1910. The molecule has 7 rings (SSSR count). The third-order valence-electron chi connectivity index (χ3n) is 8.56. The Balaban J connectivity index is 1.22. The Labute approximate surface area is 248 Å². The fraction of sp³-hybridized carbons (Fsp3) is 0.379. The van der Waals surface area contributed by atoms with Crippen LogP contribution in [0.4, 0.5) is 22.9 Å². The molecule has 1 amide bonds. The minimum absolute atomic E-state index is 0.0203. The van der Waals surface area contributed by atoms with Crippen molar-refractivity contribution in [2.45, 2.75) is 38.3 Å². The van der Waals surface area contributed by atoms with Gasteiger partial charge in [-0.3, -0.25) is 14.3 Å². The molecule has 1 aromatic carbocycles. The lowest BCUT2D eigenvalue weighted by Gasteiger charge is -2.34. The number of nitrogens with one attached hydrogen (secondary N) is 4. The van der Waals surface area contributed by atoms with Gasteiger partial charge in [-0.15, -0.1) is 0 Å². The topological polar surface area (TPSA) is 157 Å². The molecule has 5 heterocycles. The number of benzene rings is 1. The van der Waals surface area contributed by atoms with Crippen LogP contribution in [0.2, 0.25) is 0 Å². The monoisotopic (exact) mass is 603 g/mol. The van der Waals surface area contributed by atoms with Crippen molar-refractivity contribution in [3.8, 4) is 11.1 Å². The average Bonchev–Trinajstić information content (AvgIpc) is 3.77. The Morgan fingerprint density at radius 1 is 1.07 bits per heavy atom. The second-order valence-corrected chi connectivity index (χ2v) is 13.2. The molecule has 2 fully saturated rings. The number of pyridine rings is 2. The van der Waals surface area contributed by atoms with Crippen LogP contribution >= 0.6 is 0 Å². The van der Waals surface area contributed by atoms with E-state index in [1.807, 2.05) is 25.4 Å². The maximum absolute atomic E-state index is 12.9. The van der Waals surface area contributed by atoms with Crippen molar-refractivity contribution in [1.82, 2.24) is 28.8 Å². The van der Waals surface area contributed by atoms with Crippen molar-refractivity contribution in [3.05, 3.63) is 58.8 Å². The van der Waals surface area contributed by atoms with Gasteiger partial charge in [0, 0.05) is 56.5 Å². The Kier molecular flexibility index (Phi) is 6.71. The number of anilines is 4. The summed E-state index contributed by atoms with van der Waals surface area (Å²) in [6, 6.07) is 9.52. The highest BCUT2D eigenvalue weighted by molar-refractivity contribution is 7.87. The number of aromatic nitrogens is 4. The number of para-hydroxylation sites is 1. The number of aromatic amines is 1. The molecule has 3 aromatic heterocycles. The number of carbonyl (C=O) groups is 1. The number of hydrogen-bond acceptors (Lipinski definition) is 8. The second-order valence-electron chi connectivity index (χ2n) is 11.4. The predicted octanol–water partition coefficient (Wildman–Crippen LogP) is 2.93. The van der Waals surface area contributed by atoms with Crippen LogP contribution in [-0.4, -0.2) is 65.6 Å². The molecule has 4 aromatic rings. The summed E-state index contributed by atoms with van der Waals surface area (Å²) in [4.78, 5) is 34.9. The summed E-state index contributed by atoms with van der Waals surface area (Å²) in [5.74, 6) is 0.359. The number of fused-ring (bicyclic) bond motifs is 4. The van der Waals surface area contributed by atoms with Gasteiger partial charge in [0.15, 0.2) is 0 Å². The molecule has 0 atom stereocenters. The van der Waals surface area contributed by atoms with Crippen molar-refractivity contribution in [2.24, 2.45) is 5.92 Å². The number of amides is 1. The fourth-order valence-electron chi connectivity index (χ4n) is 6.19. The quantitative estimate of drug-likeness (QED) is 0.251. The standard InChI is InChI=1S/C29H33N9O4S/c1-30-43(41,42)37-12-9-18(10-13-37)38-24-16-36(2)27-19(20(24)15-32-38)4-3-5-22(27)33-23-14-25(35-28(39)17-6-7-17)34-21-8-11-31-29(40)26(21)23/h3-5,8,11,14-15,17-18,30H,6-7,9-10,12-13,16H2,1-2H3,(H,31,40)(H2,33,34,35,39). The lowest BCUT2D eigenvalue weighted by atomic mass is 9.97. The summed E-state index contributed by atoms with van der Waals surface area (Å²) in [6.07, 6.45) is 6.55. The Hall–Kier alpha value is -4.27. The summed E-state index contributed by atoms with van der Waals surface area (Å²) in [7, 11) is 0.00800. The van der Waals surface area contributed by atoms with Crippen LogP contribution < -0.4 is 25.8 Å². The normalized spacial score (nSPS) is 17.5. The van der Waals surface area contributed by atoms with Crippen molar-refractivity contribution < 1.29 is 13.2 Å². The van der Waals surface area contributed by atoms with E-state index < -0.39 is 10.2 Å². The number of nitrogens with zero attached hydrogens (tertiary/aromatic N) is 5. The number of carbonyl (C=O) groups excluding carboxylic acids is 1. The van der Waals surface area contributed by atoms with E-state index in [0.717, 1.165) is 41.0 Å². The van der Waals surface area contributed by atoms with Crippen molar-refractivity contribution in [3.63, 3.8) is 0 Å². The first kappa shape index (κ1) is 27.6. The molecule has 3 aliphatic rings. The summed E-state index contributed by atoms with van der Waals surface area (Å²) < 4.78 is 30.4. The van der Waals surface area contributed by atoms with Gasteiger partial charge in [0.05, 0.1) is 52.4 Å². The van der Waals surface area contributed by atoms with Crippen molar-refractivity contribution in [1.29, 1.82) is 0 Å². The van der Waals surface area contributed by atoms with E-state index in [-0.39, 0.29) is 23.4 Å². The van der Waals surface area contributed by atoms with Crippen LogP contribution in [0, 0.1) is 5.92 Å². The van der Waals surface area contributed by atoms with Crippen LogP contribution in [0.3, 0.4) is 0 Å². The van der Waals surface area contributed by atoms with Gasteiger partial charge < -0.3 is 20.5 Å². The molecule has 0 radical (unpaired) electrons. The highest BCUT2D eigenvalue weighted by Crippen LogP contribution is 2.45. The smallest absolute Gasteiger partial charge is 0.279 e. The lowest BCUT2D eigenvalue weighted by molar-refractivity contribution is -0.117. The molecule has 2 aliphatic heterocycles. The third kappa shape index (κ3) is 4.94. The van der Waals surface area contributed by atoms with E-state index in [1.54, 1.807) is 18.3 Å². The predicted molar refractivity (Wildman–Crippen MR) is 165 cm³/mol. The molecule has 14 heteroatoms. The molecule has 0 unspecified atom stereocenters. The van der Waals surface area contributed by atoms with E-state index in [1.165, 1.54) is 11.4 Å². The van der Waals surface area contributed by atoms with Crippen molar-refractivity contribution >= 4 is 49.9 Å². The zero-order valence-electron chi connectivity index (χ0n) is 23.9. The minimum atomic E-state index is -3.44. The van der Waals surface area contributed by atoms with Gasteiger partial charge in [0.1, 0.15) is 5.82 Å². The van der Waals surface area contributed by atoms with E-state index in [4.69, 9.17) is 5.10 Å². The van der Waals surface area contributed by atoms with Crippen LogP contribution in [-0.2, 0) is 21.5 Å². The van der Waals surface area contributed by atoms with E-state index in [0.29, 0.717) is 54.9 Å². The van der Waals surface area contributed by atoms with Crippen LogP contribution in [0.15, 0.2) is 47.5 Å². The summed E-state index contributed by atoms with van der Waals surface area (Å²) in [6.45, 7) is 1.48. The highest BCUT2D eigenvalue weighted by Gasteiger charge is 2.33. The molecule has 1 aliphatic carbocycles. The molecule has 224 valence electrons. The first-order valence-electron chi connectivity index (χ1n) is 14.4. The average molecular weight is 604 g/mol. The highest BCUT2D eigenvalue weighted by atomic mass is 32.2. The Morgan fingerprint density at radius 3 is 2.60 bits per heavy atom. The molecule has 1 saturated heterocycles. The number of rotatable bonds is 7. The number of piperidine rings is 1. The molecule has 13 nitrogen and oxygen atoms in total. The van der Waals surface area contributed by atoms with Crippen LogP contribution in [0.5, 0.6) is 0 Å². The molecular weight excluding hydrogens is 570 g/mol. The maximum atomic E-state index is 12.9. The van der Waals surface area contributed by atoms with E-state index in [2.05, 4.69) is 41.0 Å². The number of H-pyrrole nitrogens is 1. The fourth-order valence-corrected chi connectivity index (χ4v) is 7.14. The molecular formula is C29H33N9O4S. The van der Waals surface area contributed by atoms with Gasteiger partial charge in [-0.1, -0.05) is 12.1 Å². The SMILES string of the molecule is CNS(=O)(=O)N1CCC(n2ncc3c2CN(C)c2c(Nc4cc(NC(=O)C5CC5)nc5cc[nH]c(=O)c45)cccc2-3)CC1. The minimum Gasteiger partial charge on any atom is -0.366 e. The van der Waals surface area contributed by atoms with Crippen molar-refractivity contribution in [2.75, 3.05) is 42.7 Å². The number of hydrogen-bond donors (Lipinski definition) is 4.